The van der Waals surface area contributed by atoms with Crippen LogP contribution in [0, 0.1) is 5.92 Å². The van der Waals surface area contributed by atoms with E-state index in [0.717, 1.165) is 0 Å². The van der Waals surface area contributed by atoms with Crippen LogP contribution in [0.2, 0.25) is 5.02 Å². The fourth-order valence-corrected chi connectivity index (χ4v) is 3.64. The third-order valence-corrected chi connectivity index (χ3v) is 4.96. The third kappa shape index (κ3) is 5.19. The molecule has 1 saturated carbocycles. The highest BCUT2D eigenvalue weighted by atomic mass is 35.5. The molecule has 0 aliphatic heterocycles. The molecule has 1 aromatic carbocycles. The van der Waals surface area contributed by atoms with Gasteiger partial charge in [-0.25, -0.2) is 21.9 Å². The highest BCUT2D eigenvalue weighted by molar-refractivity contribution is 7.89. The largest absolute Gasteiger partial charge is 0.325 e. The third-order valence-electron chi connectivity index (χ3n) is 3.21. The molecule has 0 atom stereocenters. The Morgan fingerprint density at radius 1 is 1.27 bits per heavy atom. The van der Waals surface area contributed by atoms with Gasteiger partial charge in [0.1, 0.15) is 0 Å². The van der Waals surface area contributed by atoms with Gasteiger partial charge in [-0.1, -0.05) is 11.6 Å². The van der Waals surface area contributed by atoms with Crippen LogP contribution in [0.4, 0.5) is 14.5 Å². The number of hydrogen-bond donors (Lipinski definition) is 2. The van der Waals surface area contributed by atoms with Crippen LogP contribution in [0.15, 0.2) is 24.3 Å². The highest BCUT2D eigenvalue weighted by Gasteiger charge is 2.46. The lowest BCUT2D eigenvalue weighted by molar-refractivity contribution is -0.115. The fourth-order valence-electron chi connectivity index (χ4n) is 2.19. The second-order valence-corrected chi connectivity index (χ2v) is 7.58. The fraction of sp³-hybridized carbons (Fsp3) is 0.462. The number of carbonyl (C=O) groups is 1. The first kappa shape index (κ1) is 17.1. The maximum atomic E-state index is 12.7. The number of anilines is 1. The van der Waals surface area contributed by atoms with Gasteiger partial charge in [0.05, 0.1) is 12.3 Å². The molecule has 1 aromatic rings. The zero-order chi connectivity index (χ0) is 16.4. The predicted octanol–water partition coefficient (Wildman–Crippen LogP) is 2.24. The van der Waals surface area contributed by atoms with Crippen LogP contribution < -0.4 is 10.0 Å². The number of nitrogens with one attached hydrogen (secondary N) is 2. The molecule has 5 nitrogen and oxygen atoms in total. The summed E-state index contributed by atoms with van der Waals surface area (Å²) >= 11 is 5.70. The van der Waals surface area contributed by atoms with Crippen LogP contribution in [0.3, 0.4) is 0 Å². The lowest BCUT2D eigenvalue weighted by Crippen LogP contribution is -2.43. The zero-order valence-electron chi connectivity index (χ0n) is 11.5. The summed E-state index contributed by atoms with van der Waals surface area (Å²) in [5.41, 5.74) is 0.479. The first-order chi connectivity index (χ1) is 10.2. The summed E-state index contributed by atoms with van der Waals surface area (Å²) in [6.07, 6.45) is -0.851. The highest BCUT2D eigenvalue weighted by Crippen LogP contribution is 2.42. The molecule has 0 spiro atoms. The molecule has 0 radical (unpaired) electrons. The lowest BCUT2D eigenvalue weighted by Gasteiger charge is -2.34. The van der Waals surface area contributed by atoms with Gasteiger partial charge in [-0.15, -0.1) is 0 Å². The van der Waals surface area contributed by atoms with Gasteiger partial charge < -0.3 is 5.32 Å². The minimum atomic E-state index is -3.75. The van der Waals surface area contributed by atoms with E-state index in [1.807, 2.05) is 0 Å². The van der Waals surface area contributed by atoms with Crippen molar-refractivity contribution in [3.63, 3.8) is 0 Å². The van der Waals surface area contributed by atoms with E-state index in [0.29, 0.717) is 10.7 Å². The molecule has 0 heterocycles. The van der Waals surface area contributed by atoms with Gasteiger partial charge in [0, 0.05) is 23.6 Å². The molecule has 2 rings (SSSR count). The van der Waals surface area contributed by atoms with Crippen molar-refractivity contribution in [3.8, 4) is 0 Å². The van der Waals surface area contributed by atoms with Gasteiger partial charge in [0.2, 0.25) is 21.9 Å². The van der Waals surface area contributed by atoms with Gasteiger partial charge >= 0.3 is 0 Å². The van der Waals surface area contributed by atoms with E-state index in [2.05, 4.69) is 10.0 Å². The maximum Gasteiger partial charge on any atom is 0.248 e. The van der Waals surface area contributed by atoms with E-state index in [-0.39, 0.29) is 0 Å². The summed E-state index contributed by atoms with van der Waals surface area (Å²) in [4.78, 5) is 11.6. The zero-order valence-corrected chi connectivity index (χ0v) is 13.1. The molecule has 0 aromatic heterocycles. The Balaban J connectivity index is 1.76. The summed E-state index contributed by atoms with van der Waals surface area (Å²) < 4.78 is 50.8. The topological polar surface area (TPSA) is 75.3 Å². The smallest absolute Gasteiger partial charge is 0.248 e. The molecule has 1 fully saturated rings. The van der Waals surface area contributed by atoms with Crippen LogP contribution >= 0.6 is 11.6 Å². The van der Waals surface area contributed by atoms with Crippen molar-refractivity contribution in [2.24, 2.45) is 5.92 Å². The number of alkyl halides is 2. The number of sulfonamides is 1. The molecule has 122 valence electrons. The first-order valence-corrected chi connectivity index (χ1v) is 8.59. The van der Waals surface area contributed by atoms with Gasteiger partial charge in [0.15, 0.2) is 0 Å². The minimum Gasteiger partial charge on any atom is -0.325 e. The molecule has 0 unspecified atom stereocenters. The SMILES string of the molecule is O=C(CNS(=O)(=O)CC1CC(F)(F)C1)Nc1ccc(Cl)cc1. The van der Waals surface area contributed by atoms with Gasteiger partial charge in [-0.2, -0.15) is 0 Å². The molecule has 0 bridgehead atoms. The first-order valence-electron chi connectivity index (χ1n) is 6.56. The molecule has 1 amide bonds. The second-order valence-electron chi connectivity index (χ2n) is 5.29. The molecule has 0 saturated heterocycles. The Morgan fingerprint density at radius 2 is 1.86 bits per heavy atom. The van der Waals surface area contributed by atoms with Gasteiger partial charge in [-0.3, -0.25) is 4.79 Å². The molecule has 2 N–H and O–H groups in total. The monoisotopic (exact) mass is 352 g/mol. The molecule has 1 aliphatic rings. The van der Waals surface area contributed by atoms with E-state index in [1.54, 1.807) is 24.3 Å². The van der Waals surface area contributed by atoms with Gasteiger partial charge in [-0.05, 0) is 30.2 Å². The van der Waals surface area contributed by atoms with Crippen LogP contribution in [0.1, 0.15) is 12.8 Å². The van der Waals surface area contributed by atoms with Crippen LogP contribution in [0.25, 0.3) is 0 Å². The van der Waals surface area contributed by atoms with E-state index in [4.69, 9.17) is 11.6 Å². The van der Waals surface area contributed by atoms with Crippen molar-refractivity contribution < 1.29 is 22.0 Å². The molecule has 22 heavy (non-hydrogen) atoms. The van der Waals surface area contributed by atoms with Crippen LogP contribution in [-0.2, 0) is 14.8 Å². The number of benzene rings is 1. The number of amides is 1. The Morgan fingerprint density at radius 3 is 2.41 bits per heavy atom. The molecular formula is C13H15ClF2N2O3S. The molecule has 1 aliphatic carbocycles. The summed E-state index contributed by atoms with van der Waals surface area (Å²) in [7, 11) is -3.75. The average Bonchev–Trinajstić information content (AvgIpc) is 2.37. The van der Waals surface area contributed by atoms with E-state index in [1.165, 1.54) is 0 Å². The predicted molar refractivity (Wildman–Crippen MR) is 79.5 cm³/mol. The quantitative estimate of drug-likeness (QED) is 0.824. The number of hydrogen-bond acceptors (Lipinski definition) is 3. The van der Waals surface area contributed by atoms with Crippen molar-refractivity contribution in [1.29, 1.82) is 0 Å². The Hall–Kier alpha value is -1.25. The minimum absolute atomic E-state index is 0.392. The van der Waals surface area contributed by atoms with Crippen molar-refractivity contribution in [2.75, 3.05) is 17.6 Å². The van der Waals surface area contributed by atoms with E-state index < -0.39 is 52.9 Å². The standard InChI is InChI=1S/C13H15ClF2N2O3S/c14-10-1-3-11(4-2-10)18-12(19)7-17-22(20,21)8-9-5-13(15,16)6-9/h1-4,9,17H,5-8H2,(H,18,19). The van der Waals surface area contributed by atoms with Crippen molar-refractivity contribution in [2.45, 2.75) is 18.8 Å². The van der Waals surface area contributed by atoms with Crippen molar-refractivity contribution in [1.82, 2.24) is 4.72 Å². The maximum absolute atomic E-state index is 12.7. The summed E-state index contributed by atoms with van der Waals surface area (Å²) in [6, 6.07) is 6.31. The number of rotatable bonds is 6. The summed E-state index contributed by atoms with van der Waals surface area (Å²) in [6.45, 7) is -0.450. The number of halogens is 3. The summed E-state index contributed by atoms with van der Waals surface area (Å²) in [5.74, 6) is -4.26. The van der Waals surface area contributed by atoms with Crippen molar-refractivity contribution in [3.05, 3.63) is 29.3 Å². The normalized spacial score (nSPS) is 17.8. The Labute approximate surface area is 132 Å². The second kappa shape index (κ2) is 6.47. The average molecular weight is 353 g/mol. The van der Waals surface area contributed by atoms with Crippen LogP contribution in [-0.4, -0.2) is 32.5 Å². The lowest BCUT2D eigenvalue weighted by atomic mass is 9.83. The van der Waals surface area contributed by atoms with E-state index in [9.17, 15) is 22.0 Å². The van der Waals surface area contributed by atoms with E-state index >= 15 is 0 Å². The van der Waals surface area contributed by atoms with Crippen LogP contribution in [0.5, 0.6) is 0 Å². The van der Waals surface area contributed by atoms with Gasteiger partial charge in [0.25, 0.3) is 0 Å². The summed E-state index contributed by atoms with van der Waals surface area (Å²) in [5, 5.41) is 3.00. The number of carbonyl (C=O) groups excluding carboxylic acids is 1. The molecule has 9 heteroatoms. The molecular weight excluding hydrogens is 338 g/mol. The Kier molecular flexibility index (Phi) is 5.03. The van der Waals surface area contributed by atoms with Crippen molar-refractivity contribution >= 4 is 33.2 Å². The Bertz CT molecular complexity index is 642.